The van der Waals surface area contributed by atoms with Crippen molar-refractivity contribution < 1.29 is 14.3 Å². The van der Waals surface area contributed by atoms with Crippen molar-refractivity contribution in [1.82, 2.24) is 10.3 Å². The third-order valence-electron chi connectivity index (χ3n) is 3.34. The quantitative estimate of drug-likeness (QED) is 0.844. The predicted molar refractivity (Wildman–Crippen MR) is 78.7 cm³/mol. The van der Waals surface area contributed by atoms with Gasteiger partial charge in [-0.15, -0.1) is 0 Å². The van der Waals surface area contributed by atoms with Crippen LogP contribution in [0.25, 0.3) is 0 Å². The molecule has 1 aliphatic rings. The van der Waals surface area contributed by atoms with Gasteiger partial charge in [-0.05, 0) is 44.7 Å². The van der Waals surface area contributed by atoms with E-state index in [2.05, 4.69) is 10.3 Å². The SMILES string of the molecule is C[C@H](CNC(=O)c1cccnc1)OC(=O)C1=CCCCC1. The lowest BCUT2D eigenvalue weighted by molar-refractivity contribution is -0.143. The van der Waals surface area contributed by atoms with Gasteiger partial charge in [-0.1, -0.05) is 6.08 Å². The fraction of sp³-hybridized carbons (Fsp3) is 0.438. The van der Waals surface area contributed by atoms with Gasteiger partial charge in [0.05, 0.1) is 12.1 Å². The summed E-state index contributed by atoms with van der Waals surface area (Å²) in [5.74, 6) is -0.485. The van der Waals surface area contributed by atoms with Crippen LogP contribution >= 0.6 is 0 Å². The van der Waals surface area contributed by atoms with Gasteiger partial charge in [-0.2, -0.15) is 0 Å². The fourth-order valence-electron chi connectivity index (χ4n) is 2.16. The first-order valence-corrected chi connectivity index (χ1v) is 7.25. The van der Waals surface area contributed by atoms with Crippen molar-refractivity contribution >= 4 is 11.9 Å². The lowest BCUT2D eigenvalue weighted by Gasteiger charge is -2.17. The molecule has 0 spiro atoms. The van der Waals surface area contributed by atoms with Crippen molar-refractivity contribution in [2.45, 2.75) is 38.7 Å². The van der Waals surface area contributed by atoms with Gasteiger partial charge < -0.3 is 10.1 Å². The van der Waals surface area contributed by atoms with Crippen molar-refractivity contribution in [3.05, 3.63) is 41.7 Å². The number of rotatable bonds is 5. The molecule has 1 aromatic rings. The predicted octanol–water partition coefficient (Wildman–Crippen LogP) is 2.24. The van der Waals surface area contributed by atoms with Crippen LogP contribution in [0.4, 0.5) is 0 Å². The van der Waals surface area contributed by atoms with E-state index in [4.69, 9.17) is 4.74 Å². The van der Waals surface area contributed by atoms with Crippen molar-refractivity contribution in [2.24, 2.45) is 0 Å². The molecule has 1 aliphatic carbocycles. The van der Waals surface area contributed by atoms with Crippen LogP contribution in [0.3, 0.4) is 0 Å². The second-order valence-electron chi connectivity index (χ2n) is 5.14. The van der Waals surface area contributed by atoms with Crippen LogP contribution in [0, 0.1) is 0 Å². The van der Waals surface area contributed by atoms with E-state index in [1.54, 1.807) is 25.3 Å². The molecule has 1 aromatic heterocycles. The average molecular weight is 288 g/mol. The molecule has 1 N–H and O–H groups in total. The first-order valence-electron chi connectivity index (χ1n) is 7.25. The summed E-state index contributed by atoms with van der Waals surface area (Å²) < 4.78 is 5.34. The topological polar surface area (TPSA) is 68.3 Å². The Bertz CT molecular complexity index is 526. The summed E-state index contributed by atoms with van der Waals surface area (Å²) in [6, 6.07) is 3.39. The summed E-state index contributed by atoms with van der Waals surface area (Å²) in [7, 11) is 0. The molecule has 2 rings (SSSR count). The third-order valence-corrected chi connectivity index (χ3v) is 3.34. The van der Waals surface area contributed by atoms with E-state index in [9.17, 15) is 9.59 Å². The number of hydrogen-bond acceptors (Lipinski definition) is 4. The number of ether oxygens (including phenoxy) is 1. The van der Waals surface area contributed by atoms with Gasteiger partial charge in [-0.25, -0.2) is 4.79 Å². The van der Waals surface area contributed by atoms with Gasteiger partial charge >= 0.3 is 5.97 Å². The monoisotopic (exact) mass is 288 g/mol. The van der Waals surface area contributed by atoms with E-state index in [1.165, 1.54) is 6.20 Å². The number of nitrogens with zero attached hydrogens (tertiary/aromatic N) is 1. The van der Waals surface area contributed by atoms with Crippen LogP contribution in [-0.4, -0.2) is 29.5 Å². The summed E-state index contributed by atoms with van der Waals surface area (Å²) in [5.41, 5.74) is 1.25. The van der Waals surface area contributed by atoms with Crippen molar-refractivity contribution in [3.63, 3.8) is 0 Å². The van der Waals surface area contributed by atoms with Crippen molar-refractivity contribution in [2.75, 3.05) is 6.54 Å². The Morgan fingerprint density at radius 1 is 1.43 bits per heavy atom. The zero-order valence-electron chi connectivity index (χ0n) is 12.2. The van der Waals surface area contributed by atoms with Gasteiger partial charge in [-0.3, -0.25) is 9.78 Å². The maximum absolute atomic E-state index is 11.9. The highest BCUT2D eigenvalue weighted by Crippen LogP contribution is 2.18. The number of esters is 1. The van der Waals surface area contributed by atoms with E-state index in [1.807, 2.05) is 6.08 Å². The van der Waals surface area contributed by atoms with Gasteiger partial charge in [0.15, 0.2) is 0 Å². The summed E-state index contributed by atoms with van der Waals surface area (Å²) in [4.78, 5) is 27.6. The lowest BCUT2D eigenvalue weighted by atomic mass is 10.00. The Kier molecular flexibility index (Phi) is 5.49. The summed E-state index contributed by atoms with van der Waals surface area (Å²) in [6.07, 6.45) is 8.59. The summed E-state index contributed by atoms with van der Waals surface area (Å²) in [5, 5.41) is 2.73. The third kappa shape index (κ3) is 4.70. The number of carbonyl (C=O) groups excluding carboxylic acids is 2. The Hall–Kier alpha value is -2.17. The molecular formula is C16H20N2O3. The van der Waals surface area contributed by atoms with Crippen molar-refractivity contribution in [3.8, 4) is 0 Å². The normalized spacial score (nSPS) is 15.8. The molecule has 0 saturated heterocycles. The number of aromatic nitrogens is 1. The second kappa shape index (κ2) is 7.57. The van der Waals surface area contributed by atoms with Crippen LogP contribution in [-0.2, 0) is 9.53 Å². The molecule has 0 saturated carbocycles. The molecule has 5 heteroatoms. The summed E-state index contributed by atoms with van der Waals surface area (Å²) >= 11 is 0. The Balaban J connectivity index is 1.77. The molecule has 0 aromatic carbocycles. The number of pyridine rings is 1. The van der Waals surface area contributed by atoms with Gasteiger partial charge in [0.1, 0.15) is 6.10 Å². The maximum atomic E-state index is 11.9. The molecule has 1 heterocycles. The first kappa shape index (κ1) is 15.2. The smallest absolute Gasteiger partial charge is 0.333 e. The van der Waals surface area contributed by atoms with E-state index < -0.39 is 0 Å². The van der Waals surface area contributed by atoms with Crippen LogP contribution in [0.15, 0.2) is 36.2 Å². The molecule has 0 radical (unpaired) electrons. The first-order chi connectivity index (χ1) is 10.2. The highest BCUT2D eigenvalue weighted by atomic mass is 16.5. The highest BCUT2D eigenvalue weighted by molar-refractivity contribution is 5.93. The van der Waals surface area contributed by atoms with E-state index in [-0.39, 0.29) is 24.5 Å². The van der Waals surface area contributed by atoms with Gasteiger partial charge in [0.2, 0.25) is 0 Å². The Labute approximate surface area is 124 Å². The number of amides is 1. The van der Waals surface area contributed by atoms with Crippen LogP contribution in [0.1, 0.15) is 43.0 Å². The minimum atomic E-state index is -0.360. The molecule has 0 aliphatic heterocycles. The minimum Gasteiger partial charge on any atom is -0.457 e. The number of hydrogen-bond donors (Lipinski definition) is 1. The largest absolute Gasteiger partial charge is 0.457 e. The zero-order valence-corrected chi connectivity index (χ0v) is 12.2. The van der Waals surface area contributed by atoms with E-state index >= 15 is 0 Å². The molecule has 1 atom stereocenters. The van der Waals surface area contributed by atoms with E-state index in [0.717, 1.165) is 31.3 Å². The molecule has 0 bridgehead atoms. The van der Waals surface area contributed by atoms with Crippen LogP contribution < -0.4 is 5.32 Å². The van der Waals surface area contributed by atoms with E-state index in [0.29, 0.717) is 5.56 Å². The average Bonchev–Trinajstić information content (AvgIpc) is 2.54. The number of allylic oxidation sites excluding steroid dienone is 1. The molecule has 0 fully saturated rings. The standard InChI is InChI=1S/C16H20N2O3/c1-12(21-16(20)13-6-3-2-4-7-13)10-18-15(19)14-8-5-9-17-11-14/h5-6,8-9,11-12H,2-4,7,10H2,1H3,(H,18,19)/t12-/m1/s1. The fourth-order valence-corrected chi connectivity index (χ4v) is 2.16. The molecule has 0 unspecified atom stereocenters. The lowest BCUT2D eigenvalue weighted by Crippen LogP contribution is -2.33. The Morgan fingerprint density at radius 2 is 2.29 bits per heavy atom. The van der Waals surface area contributed by atoms with Gasteiger partial charge in [0.25, 0.3) is 5.91 Å². The molecular weight excluding hydrogens is 268 g/mol. The number of carbonyl (C=O) groups is 2. The van der Waals surface area contributed by atoms with Crippen molar-refractivity contribution in [1.29, 1.82) is 0 Å². The Morgan fingerprint density at radius 3 is 2.95 bits per heavy atom. The molecule has 5 nitrogen and oxygen atoms in total. The number of nitrogens with one attached hydrogen (secondary N) is 1. The molecule has 21 heavy (non-hydrogen) atoms. The minimum absolute atomic E-state index is 0.220. The van der Waals surface area contributed by atoms with Crippen LogP contribution in [0.5, 0.6) is 0 Å². The van der Waals surface area contributed by atoms with Gasteiger partial charge in [0, 0.05) is 18.0 Å². The summed E-state index contributed by atoms with van der Waals surface area (Å²) in [6.45, 7) is 2.05. The molecule has 112 valence electrons. The second-order valence-corrected chi connectivity index (χ2v) is 5.14. The zero-order chi connectivity index (χ0) is 15.1. The molecule has 1 amide bonds. The highest BCUT2D eigenvalue weighted by Gasteiger charge is 2.17. The maximum Gasteiger partial charge on any atom is 0.333 e. The van der Waals surface area contributed by atoms with Crippen LogP contribution in [0.2, 0.25) is 0 Å².